The SMILES string of the molecule is Cc1nnn(-c2ccc(C(F)F)cc2F)c1CO. The van der Waals surface area contributed by atoms with Crippen LogP contribution in [0.1, 0.15) is 23.4 Å². The van der Waals surface area contributed by atoms with E-state index in [1.165, 1.54) is 6.07 Å². The van der Waals surface area contributed by atoms with Gasteiger partial charge in [0.15, 0.2) is 0 Å². The van der Waals surface area contributed by atoms with Crippen molar-refractivity contribution >= 4 is 0 Å². The van der Waals surface area contributed by atoms with Crippen LogP contribution in [0, 0.1) is 12.7 Å². The highest BCUT2D eigenvalue weighted by Crippen LogP contribution is 2.23. The lowest BCUT2D eigenvalue weighted by Gasteiger charge is -2.07. The number of hydrogen-bond donors (Lipinski definition) is 1. The van der Waals surface area contributed by atoms with Gasteiger partial charge < -0.3 is 5.11 Å². The third-order valence-corrected chi connectivity index (χ3v) is 2.56. The maximum atomic E-state index is 13.7. The van der Waals surface area contributed by atoms with Crippen LogP contribution in [0.15, 0.2) is 18.2 Å². The first kappa shape index (κ1) is 12.6. The highest BCUT2D eigenvalue weighted by atomic mass is 19.3. The third-order valence-electron chi connectivity index (χ3n) is 2.56. The van der Waals surface area contributed by atoms with Crippen LogP contribution in [-0.2, 0) is 6.61 Å². The molecular formula is C11H10F3N3O. The predicted molar refractivity (Wildman–Crippen MR) is 56.9 cm³/mol. The van der Waals surface area contributed by atoms with Gasteiger partial charge in [0.05, 0.1) is 18.0 Å². The van der Waals surface area contributed by atoms with E-state index in [1.54, 1.807) is 6.92 Å². The fourth-order valence-corrected chi connectivity index (χ4v) is 1.58. The van der Waals surface area contributed by atoms with E-state index in [-0.39, 0.29) is 12.3 Å². The quantitative estimate of drug-likeness (QED) is 0.916. The average molecular weight is 257 g/mol. The monoisotopic (exact) mass is 257 g/mol. The number of halogens is 3. The Morgan fingerprint density at radius 2 is 2.11 bits per heavy atom. The summed E-state index contributed by atoms with van der Waals surface area (Å²) >= 11 is 0. The first-order chi connectivity index (χ1) is 8.54. The number of aliphatic hydroxyl groups is 1. The molecule has 0 amide bonds. The summed E-state index contributed by atoms with van der Waals surface area (Å²) in [5.41, 5.74) is 0.344. The van der Waals surface area contributed by atoms with Gasteiger partial charge in [0.25, 0.3) is 6.43 Å². The number of rotatable bonds is 3. The minimum Gasteiger partial charge on any atom is -0.390 e. The molecular weight excluding hydrogens is 247 g/mol. The van der Waals surface area contributed by atoms with Crippen LogP contribution < -0.4 is 0 Å². The lowest BCUT2D eigenvalue weighted by Crippen LogP contribution is -2.06. The van der Waals surface area contributed by atoms with Crippen molar-refractivity contribution in [3.63, 3.8) is 0 Å². The molecule has 0 aliphatic carbocycles. The van der Waals surface area contributed by atoms with E-state index in [9.17, 15) is 13.2 Å². The van der Waals surface area contributed by atoms with Gasteiger partial charge in [-0.05, 0) is 19.1 Å². The molecule has 7 heteroatoms. The van der Waals surface area contributed by atoms with Crippen molar-refractivity contribution in [1.82, 2.24) is 15.0 Å². The normalized spacial score (nSPS) is 11.2. The Bertz CT molecular complexity index is 569. The summed E-state index contributed by atoms with van der Waals surface area (Å²) in [5, 5.41) is 16.5. The number of aromatic nitrogens is 3. The molecule has 2 aromatic rings. The molecule has 0 aliphatic heterocycles. The minimum atomic E-state index is -2.73. The molecule has 0 saturated carbocycles. The Hall–Kier alpha value is -1.89. The van der Waals surface area contributed by atoms with E-state index in [2.05, 4.69) is 10.3 Å². The first-order valence-electron chi connectivity index (χ1n) is 5.14. The number of hydrogen-bond acceptors (Lipinski definition) is 3. The average Bonchev–Trinajstić information content (AvgIpc) is 2.70. The largest absolute Gasteiger partial charge is 0.390 e. The van der Waals surface area contributed by atoms with Crippen molar-refractivity contribution < 1.29 is 18.3 Å². The number of benzene rings is 1. The molecule has 0 aliphatic rings. The van der Waals surface area contributed by atoms with Crippen molar-refractivity contribution in [2.24, 2.45) is 0 Å². The van der Waals surface area contributed by atoms with E-state index in [4.69, 9.17) is 5.11 Å². The second kappa shape index (κ2) is 4.77. The standard InChI is InChI=1S/C11H10F3N3O/c1-6-10(5-18)17(16-15-6)9-3-2-7(11(13)14)4-8(9)12/h2-4,11,18H,5H2,1H3. The van der Waals surface area contributed by atoms with Crippen LogP contribution in [0.2, 0.25) is 0 Å². The van der Waals surface area contributed by atoms with Crippen LogP contribution in [0.4, 0.5) is 13.2 Å². The van der Waals surface area contributed by atoms with Crippen LogP contribution >= 0.6 is 0 Å². The molecule has 96 valence electrons. The maximum Gasteiger partial charge on any atom is 0.263 e. The minimum absolute atomic E-state index is 0.0240. The number of nitrogens with zero attached hydrogens (tertiary/aromatic N) is 3. The summed E-state index contributed by atoms with van der Waals surface area (Å²) in [5.74, 6) is -0.840. The number of alkyl halides is 2. The summed E-state index contributed by atoms with van der Waals surface area (Å²) in [6.45, 7) is 1.25. The van der Waals surface area contributed by atoms with Gasteiger partial charge in [-0.2, -0.15) is 0 Å². The van der Waals surface area contributed by atoms with Crippen LogP contribution in [0.25, 0.3) is 5.69 Å². The molecule has 0 atom stereocenters. The Labute approximate surface area is 101 Å². The smallest absolute Gasteiger partial charge is 0.263 e. The molecule has 0 spiro atoms. The highest BCUT2D eigenvalue weighted by Gasteiger charge is 2.16. The summed E-state index contributed by atoms with van der Waals surface area (Å²) in [7, 11) is 0. The van der Waals surface area contributed by atoms with Gasteiger partial charge in [-0.15, -0.1) is 5.10 Å². The molecule has 4 nitrogen and oxygen atoms in total. The van der Waals surface area contributed by atoms with Gasteiger partial charge in [0, 0.05) is 5.56 Å². The molecule has 0 fully saturated rings. The summed E-state index contributed by atoms with van der Waals surface area (Å²) in [6, 6.07) is 3.05. The summed E-state index contributed by atoms with van der Waals surface area (Å²) in [6.07, 6.45) is -2.73. The Morgan fingerprint density at radius 1 is 1.39 bits per heavy atom. The molecule has 2 rings (SSSR count). The molecule has 0 bridgehead atoms. The Balaban J connectivity index is 2.51. The van der Waals surface area contributed by atoms with Gasteiger partial charge >= 0.3 is 0 Å². The van der Waals surface area contributed by atoms with Crippen molar-refractivity contribution in [2.45, 2.75) is 20.0 Å². The lowest BCUT2D eigenvalue weighted by molar-refractivity contribution is 0.151. The zero-order valence-corrected chi connectivity index (χ0v) is 9.44. The van der Waals surface area contributed by atoms with Crippen molar-refractivity contribution in [3.8, 4) is 5.69 Å². The van der Waals surface area contributed by atoms with Crippen molar-refractivity contribution in [2.75, 3.05) is 0 Å². The topological polar surface area (TPSA) is 50.9 Å². The van der Waals surface area contributed by atoms with E-state index in [1.807, 2.05) is 0 Å². The lowest BCUT2D eigenvalue weighted by atomic mass is 10.2. The van der Waals surface area contributed by atoms with Crippen LogP contribution in [0.3, 0.4) is 0 Å². The highest BCUT2D eigenvalue weighted by molar-refractivity contribution is 5.38. The molecule has 0 saturated heterocycles. The first-order valence-corrected chi connectivity index (χ1v) is 5.14. The zero-order chi connectivity index (χ0) is 13.3. The molecule has 0 unspecified atom stereocenters. The number of aryl methyl sites for hydroxylation is 1. The Kier molecular flexibility index (Phi) is 3.33. The molecule has 1 aromatic carbocycles. The molecule has 1 aromatic heterocycles. The zero-order valence-electron chi connectivity index (χ0n) is 9.44. The van der Waals surface area contributed by atoms with Gasteiger partial charge in [0.2, 0.25) is 0 Å². The predicted octanol–water partition coefficient (Wildman–Crippen LogP) is 2.14. The van der Waals surface area contributed by atoms with Crippen LogP contribution in [0.5, 0.6) is 0 Å². The van der Waals surface area contributed by atoms with E-state index in [0.717, 1.165) is 16.8 Å². The van der Waals surface area contributed by atoms with Gasteiger partial charge in [0.1, 0.15) is 11.5 Å². The molecule has 1 heterocycles. The van der Waals surface area contributed by atoms with E-state index >= 15 is 0 Å². The van der Waals surface area contributed by atoms with Gasteiger partial charge in [-0.3, -0.25) is 0 Å². The molecule has 1 N–H and O–H groups in total. The van der Waals surface area contributed by atoms with Gasteiger partial charge in [-0.25, -0.2) is 17.9 Å². The third kappa shape index (κ3) is 2.08. The summed E-state index contributed by atoms with van der Waals surface area (Å²) in [4.78, 5) is 0. The fourth-order valence-electron chi connectivity index (χ4n) is 1.58. The fraction of sp³-hybridized carbons (Fsp3) is 0.273. The molecule has 18 heavy (non-hydrogen) atoms. The summed E-state index contributed by atoms with van der Waals surface area (Å²) < 4.78 is 39.6. The Morgan fingerprint density at radius 3 is 2.67 bits per heavy atom. The maximum absolute atomic E-state index is 13.7. The second-order valence-electron chi connectivity index (χ2n) is 3.70. The van der Waals surface area contributed by atoms with Crippen LogP contribution in [-0.4, -0.2) is 20.1 Å². The number of aliphatic hydroxyl groups excluding tert-OH is 1. The second-order valence-corrected chi connectivity index (χ2v) is 3.70. The van der Waals surface area contributed by atoms with Crippen molar-refractivity contribution in [1.29, 1.82) is 0 Å². The molecule has 0 radical (unpaired) electrons. The van der Waals surface area contributed by atoms with E-state index < -0.39 is 17.8 Å². The van der Waals surface area contributed by atoms with Crippen molar-refractivity contribution in [3.05, 3.63) is 41.0 Å². The van der Waals surface area contributed by atoms with Gasteiger partial charge in [-0.1, -0.05) is 11.3 Å². The van der Waals surface area contributed by atoms with E-state index in [0.29, 0.717) is 11.4 Å².